The smallest absolute Gasteiger partial charge is 0.120 e. The lowest BCUT2D eigenvalue weighted by molar-refractivity contribution is 0.856. The molecule has 0 aliphatic heterocycles. The number of aromatic nitrogens is 1. The average Bonchev–Trinajstić information content (AvgIpc) is 2.73. The standard InChI is InChI=1S/C16H19N3/c1-4-13-7-5-6-8-16(13)18-11-14-9-15(10-17)19(3)12(14)2/h5-9,18H,4,11H2,1-3H3. The number of hydrogen-bond donors (Lipinski definition) is 1. The number of para-hydroxylation sites is 1. The summed E-state index contributed by atoms with van der Waals surface area (Å²) < 4.78 is 1.93. The molecule has 0 amide bonds. The zero-order valence-electron chi connectivity index (χ0n) is 11.7. The normalized spacial score (nSPS) is 10.2. The van der Waals surface area contributed by atoms with Gasteiger partial charge in [0, 0.05) is 25.0 Å². The quantitative estimate of drug-likeness (QED) is 0.907. The van der Waals surface area contributed by atoms with Crippen molar-refractivity contribution in [1.29, 1.82) is 5.26 Å². The molecule has 0 fully saturated rings. The van der Waals surface area contributed by atoms with E-state index in [-0.39, 0.29) is 0 Å². The number of rotatable bonds is 4. The molecule has 0 bridgehead atoms. The molecule has 2 aromatic rings. The van der Waals surface area contributed by atoms with Crippen molar-refractivity contribution in [1.82, 2.24) is 4.57 Å². The second-order valence-corrected chi connectivity index (χ2v) is 4.68. The van der Waals surface area contributed by atoms with E-state index in [1.165, 1.54) is 16.8 Å². The molecular formula is C16H19N3. The highest BCUT2D eigenvalue weighted by Crippen LogP contribution is 2.19. The molecule has 1 aromatic carbocycles. The Kier molecular flexibility index (Phi) is 3.91. The zero-order valence-corrected chi connectivity index (χ0v) is 11.7. The molecule has 1 aromatic heterocycles. The first-order chi connectivity index (χ1) is 9.17. The molecule has 0 atom stereocenters. The van der Waals surface area contributed by atoms with Crippen molar-refractivity contribution in [3.63, 3.8) is 0 Å². The fourth-order valence-electron chi connectivity index (χ4n) is 2.24. The monoisotopic (exact) mass is 253 g/mol. The maximum Gasteiger partial charge on any atom is 0.120 e. The van der Waals surface area contributed by atoms with Gasteiger partial charge in [0.15, 0.2) is 0 Å². The third-order valence-electron chi connectivity index (χ3n) is 3.62. The first-order valence-corrected chi connectivity index (χ1v) is 6.54. The van der Waals surface area contributed by atoms with Gasteiger partial charge in [-0.25, -0.2) is 0 Å². The topological polar surface area (TPSA) is 40.8 Å². The van der Waals surface area contributed by atoms with Gasteiger partial charge in [-0.1, -0.05) is 25.1 Å². The minimum Gasteiger partial charge on any atom is -0.381 e. The fourth-order valence-corrected chi connectivity index (χ4v) is 2.24. The van der Waals surface area contributed by atoms with Crippen molar-refractivity contribution < 1.29 is 0 Å². The van der Waals surface area contributed by atoms with Crippen LogP contribution in [0.2, 0.25) is 0 Å². The summed E-state index contributed by atoms with van der Waals surface area (Å²) in [6, 6.07) is 12.5. The Morgan fingerprint density at radius 3 is 2.63 bits per heavy atom. The van der Waals surface area contributed by atoms with Gasteiger partial charge in [-0.15, -0.1) is 0 Å². The summed E-state index contributed by atoms with van der Waals surface area (Å²) in [6.07, 6.45) is 1.01. The molecule has 2 rings (SSSR count). The molecule has 0 saturated carbocycles. The number of nitrogens with zero attached hydrogens (tertiary/aromatic N) is 2. The Labute approximate surface area is 114 Å². The zero-order chi connectivity index (χ0) is 13.8. The first kappa shape index (κ1) is 13.2. The van der Waals surface area contributed by atoms with Gasteiger partial charge >= 0.3 is 0 Å². The molecular weight excluding hydrogens is 234 g/mol. The Morgan fingerprint density at radius 2 is 2.00 bits per heavy atom. The molecule has 0 aliphatic rings. The van der Waals surface area contributed by atoms with Gasteiger partial charge in [0.1, 0.15) is 11.8 Å². The van der Waals surface area contributed by atoms with Gasteiger partial charge in [0.2, 0.25) is 0 Å². The van der Waals surface area contributed by atoms with Crippen LogP contribution in [0.1, 0.15) is 29.4 Å². The van der Waals surface area contributed by atoms with E-state index < -0.39 is 0 Å². The summed E-state index contributed by atoms with van der Waals surface area (Å²) in [4.78, 5) is 0. The second kappa shape index (κ2) is 5.62. The van der Waals surface area contributed by atoms with Crippen LogP contribution in [-0.2, 0) is 20.0 Å². The van der Waals surface area contributed by atoms with Crippen LogP contribution in [-0.4, -0.2) is 4.57 Å². The molecule has 19 heavy (non-hydrogen) atoms. The van der Waals surface area contributed by atoms with Gasteiger partial charge in [0.05, 0.1) is 0 Å². The molecule has 0 aliphatic carbocycles. The Balaban J connectivity index is 2.17. The number of nitrogens with one attached hydrogen (secondary N) is 1. The molecule has 1 heterocycles. The van der Waals surface area contributed by atoms with Gasteiger partial charge < -0.3 is 9.88 Å². The lowest BCUT2D eigenvalue weighted by Gasteiger charge is -2.10. The predicted octanol–water partition coefficient (Wildman–Crippen LogP) is 3.38. The first-order valence-electron chi connectivity index (χ1n) is 6.54. The number of benzene rings is 1. The molecule has 0 unspecified atom stereocenters. The summed E-state index contributed by atoms with van der Waals surface area (Å²) in [6.45, 7) is 4.95. The van der Waals surface area contributed by atoms with Crippen molar-refractivity contribution in [3.8, 4) is 6.07 Å². The van der Waals surface area contributed by atoms with E-state index in [0.717, 1.165) is 18.7 Å². The highest BCUT2D eigenvalue weighted by atomic mass is 15.0. The lowest BCUT2D eigenvalue weighted by atomic mass is 10.1. The summed E-state index contributed by atoms with van der Waals surface area (Å²) in [7, 11) is 1.93. The SMILES string of the molecule is CCc1ccccc1NCc1cc(C#N)n(C)c1C. The third kappa shape index (κ3) is 2.63. The van der Waals surface area contributed by atoms with E-state index in [2.05, 4.69) is 36.5 Å². The maximum absolute atomic E-state index is 9.03. The summed E-state index contributed by atoms with van der Waals surface area (Å²) >= 11 is 0. The van der Waals surface area contributed by atoms with Crippen molar-refractivity contribution in [2.24, 2.45) is 7.05 Å². The van der Waals surface area contributed by atoms with Crippen LogP contribution in [0.5, 0.6) is 0 Å². The number of aryl methyl sites for hydroxylation is 1. The van der Waals surface area contributed by atoms with Crippen LogP contribution in [0.15, 0.2) is 30.3 Å². The number of anilines is 1. The van der Waals surface area contributed by atoms with Crippen LogP contribution in [0, 0.1) is 18.3 Å². The molecule has 1 N–H and O–H groups in total. The highest BCUT2D eigenvalue weighted by Gasteiger charge is 2.08. The summed E-state index contributed by atoms with van der Waals surface area (Å²) in [5.41, 5.74) is 5.50. The lowest BCUT2D eigenvalue weighted by Crippen LogP contribution is -2.03. The third-order valence-corrected chi connectivity index (χ3v) is 3.62. The molecule has 0 saturated heterocycles. The van der Waals surface area contributed by atoms with Crippen LogP contribution in [0.4, 0.5) is 5.69 Å². The van der Waals surface area contributed by atoms with Crippen molar-refractivity contribution in [2.45, 2.75) is 26.8 Å². The van der Waals surface area contributed by atoms with E-state index >= 15 is 0 Å². The maximum atomic E-state index is 9.03. The number of nitriles is 1. The largest absolute Gasteiger partial charge is 0.381 e. The minimum atomic E-state index is 0.707. The van der Waals surface area contributed by atoms with Gasteiger partial charge in [0.25, 0.3) is 0 Å². The summed E-state index contributed by atoms with van der Waals surface area (Å²) in [5.74, 6) is 0. The minimum absolute atomic E-state index is 0.707. The van der Waals surface area contributed by atoms with Crippen molar-refractivity contribution in [2.75, 3.05) is 5.32 Å². The Bertz CT molecular complexity index is 617. The Morgan fingerprint density at radius 1 is 1.26 bits per heavy atom. The second-order valence-electron chi connectivity index (χ2n) is 4.68. The van der Waals surface area contributed by atoms with Crippen LogP contribution in [0.25, 0.3) is 0 Å². The van der Waals surface area contributed by atoms with E-state index in [0.29, 0.717) is 5.69 Å². The van der Waals surface area contributed by atoms with Crippen molar-refractivity contribution >= 4 is 5.69 Å². The fraction of sp³-hybridized carbons (Fsp3) is 0.312. The van der Waals surface area contributed by atoms with Gasteiger partial charge in [-0.05, 0) is 36.6 Å². The van der Waals surface area contributed by atoms with E-state index in [1.54, 1.807) is 0 Å². The van der Waals surface area contributed by atoms with E-state index in [4.69, 9.17) is 5.26 Å². The van der Waals surface area contributed by atoms with E-state index in [1.807, 2.05) is 30.7 Å². The predicted molar refractivity (Wildman–Crippen MR) is 78.0 cm³/mol. The van der Waals surface area contributed by atoms with Crippen LogP contribution >= 0.6 is 0 Å². The van der Waals surface area contributed by atoms with E-state index in [9.17, 15) is 0 Å². The summed E-state index contributed by atoms with van der Waals surface area (Å²) in [5, 5.41) is 12.5. The van der Waals surface area contributed by atoms with Crippen LogP contribution < -0.4 is 5.32 Å². The average molecular weight is 253 g/mol. The van der Waals surface area contributed by atoms with Crippen molar-refractivity contribution in [3.05, 3.63) is 52.8 Å². The molecule has 98 valence electrons. The number of hydrogen-bond acceptors (Lipinski definition) is 2. The molecule has 0 radical (unpaired) electrons. The van der Waals surface area contributed by atoms with Gasteiger partial charge in [-0.2, -0.15) is 5.26 Å². The Hall–Kier alpha value is -2.21. The highest BCUT2D eigenvalue weighted by molar-refractivity contribution is 5.51. The van der Waals surface area contributed by atoms with Gasteiger partial charge in [-0.3, -0.25) is 0 Å². The van der Waals surface area contributed by atoms with Crippen LogP contribution in [0.3, 0.4) is 0 Å². The molecule has 0 spiro atoms. The molecule has 3 heteroatoms. The molecule has 3 nitrogen and oxygen atoms in total.